The van der Waals surface area contributed by atoms with E-state index in [1.807, 2.05) is 0 Å². The van der Waals surface area contributed by atoms with Crippen molar-refractivity contribution in [2.75, 3.05) is 36.9 Å². The molecule has 0 aromatic carbocycles. The summed E-state index contributed by atoms with van der Waals surface area (Å²) in [5.41, 5.74) is 0. The number of thiocarbonyl (C=S) groups is 3. The summed E-state index contributed by atoms with van der Waals surface area (Å²) in [6.45, 7) is 2.62. The van der Waals surface area contributed by atoms with Crippen LogP contribution in [0.2, 0.25) is 0 Å². The highest BCUT2D eigenvalue weighted by Gasteiger charge is 2.42. The molecule has 3 nitrogen and oxygen atoms in total. The molecule has 12 heteroatoms. The fourth-order valence-electron chi connectivity index (χ4n) is 7.61. The molecule has 0 N–H and O–H groups in total. The van der Waals surface area contributed by atoms with Gasteiger partial charge in [0, 0.05) is 38.4 Å². The Labute approximate surface area is 325 Å². The predicted octanol–water partition coefficient (Wildman–Crippen LogP) is 10.0. The molecule has 3 rings (SSSR count). The van der Waals surface area contributed by atoms with E-state index in [0.717, 1.165) is 110 Å². The number of thiol groups is 6. The van der Waals surface area contributed by atoms with Crippen molar-refractivity contribution in [3.63, 3.8) is 0 Å². The van der Waals surface area contributed by atoms with Crippen molar-refractivity contribution in [1.82, 2.24) is 14.7 Å². The van der Waals surface area contributed by atoms with Gasteiger partial charge in [0.05, 0.1) is 29.6 Å². The van der Waals surface area contributed by atoms with E-state index in [2.05, 4.69) is 52.6 Å². The van der Waals surface area contributed by atoms with Crippen molar-refractivity contribution in [2.24, 2.45) is 5.92 Å². The maximum atomic E-state index is 6.55. The van der Waals surface area contributed by atoms with Crippen LogP contribution in [0.15, 0.2) is 0 Å². The highest BCUT2D eigenvalue weighted by molar-refractivity contribution is 7.83. The van der Waals surface area contributed by atoms with Gasteiger partial charge >= 0.3 is 0 Å². The van der Waals surface area contributed by atoms with Gasteiger partial charge in [-0.3, -0.25) is 0 Å². The van der Waals surface area contributed by atoms with Crippen molar-refractivity contribution in [2.45, 2.75) is 143 Å². The van der Waals surface area contributed by atoms with Gasteiger partial charge in [-0.2, -0.15) is 75.8 Å². The van der Waals surface area contributed by atoms with E-state index in [1.54, 1.807) is 0 Å². The normalized spacial score (nSPS) is 20.9. The third-order valence-corrected chi connectivity index (χ3v) is 14.5. The van der Waals surface area contributed by atoms with E-state index in [9.17, 15) is 0 Å². The molecule has 0 unspecified atom stereocenters. The Hall–Kier alpha value is 1.77. The lowest BCUT2D eigenvalue weighted by atomic mass is 9.89. The van der Waals surface area contributed by atoms with Crippen LogP contribution < -0.4 is 0 Å². The zero-order chi connectivity index (χ0) is 32.9. The summed E-state index contributed by atoms with van der Waals surface area (Å²) in [6, 6.07) is 0. The second kappa shape index (κ2) is 20.6. The van der Waals surface area contributed by atoms with E-state index in [-0.39, 0.29) is 20.5 Å². The van der Waals surface area contributed by atoms with E-state index in [1.165, 1.54) is 57.8 Å². The van der Waals surface area contributed by atoms with E-state index in [0.29, 0.717) is 12.8 Å². The van der Waals surface area contributed by atoms with E-state index >= 15 is 0 Å². The van der Waals surface area contributed by atoms with Gasteiger partial charge in [-0.05, 0) is 75.0 Å². The Morgan fingerprint density at radius 3 is 1.09 bits per heavy atom. The van der Waals surface area contributed by atoms with E-state index < -0.39 is 0 Å². The molecule has 3 aliphatic rings. The van der Waals surface area contributed by atoms with Crippen molar-refractivity contribution in [3.8, 4) is 0 Å². The van der Waals surface area contributed by atoms with Crippen molar-refractivity contribution < 1.29 is 0 Å². The van der Waals surface area contributed by atoms with Gasteiger partial charge in [-0.1, -0.05) is 94.4 Å². The maximum absolute atomic E-state index is 6.55. The molecule has 0 aromatic rings. The molecule has 45 heavy (non-hydrogen) atoms. The molecule has 0 spiro atoms. The summed E-state index contributed by atoms with van der Waals surface area (Å²) < 4.78 is 0. The molecule has 0 heterocycles. The van der Waals surface area contributed by atoms with Gasteiger partial charge in [0.2, 0.25) is 0 Å². The lowest BCUT2D eigenvalue weighted by Gasteiger charge is -2.49. The Kier molecular flexibility index (Phi) is 18.8. The molecular weight excluding hydrogens is 727 g/mol. The van der Waals surface area contributed by atoms with Crippen LogP contribution in [-0.4, -0.2) is 81.2 Å². The van der Waals surface area contributed by atoms with Gasteiger partial charge in [0.15, 0.2) is 0 Å². The molecule has 0 aliphatic heterocycles. The fraction of sp³-hybridized carbons (Fsp3) is 0.909. The minimum atomic E-state index is -0.237. The Morgan fingerprint density at radius 1 is 0.489 bits per heavy atom. The monoisotopic (exact) mass is 785 g/mol. The van der Waals surface area contributed by atoms with Gasteiger partial charge in [0.1, 0.15) is 0 Å². The molecule has 3 aliphatic carbocycles. The summed E-state index contributed by atoms with van der Waals surface area (Å²) in [5, 5.41) is 0. The summed E-state index contributed by atoms with van der Waals surface area (Å²) in [5.74, 6) is 2.49. The summed E-state index contributed by atoms with van der Waals surface area (Å²) in [6.07, 6.45) is 21.6. The first-order chi connectivity index (χ1) is 21.5. The van der Waals surface area contributed by atoms with Crippen LogP contribution in [-0.2, 0) is 0 Å². The molecule has 260 valence electrons. The number of hydrogen-bond acceptors (Lipinski definition) is 9. The molecule has 0 saturated heterocycles. The largest absolute Gasteiger partial charge is 0.352 e. The van der Waals surface area contributed by atoms with Gasteiger partial charge in [-0.25, -0.2) is 0 Å². The Bertz CT molecular complexity index is 880. The summed E-state index contributed by atoms with van der Waals surface area (Å²) in [7, 11) is 0. The molecule has 0 atom stereocenters. The third-order valence-electron chi connectivity index (χ3n) is 10.1. The summed E-state index contributed by atoms with van der Waals surface area (Å²) >= 11 is 49.1. The highest BCUT2D eigenvalue weighted by Crippen LogP contribution is 2.42. The van der Waals surface area contributed by atoms with Gasteiger partial charge in [-0.15, -0.1) is 0 Å². The zero-order valence-corrected chi connectivity index (χ0v) is 35.0. The first-order valence-electron chi connectivity index (χ1n) is 17.5. The minimum Gasteiger partial charge on any atom is -0.352 e. The smallest absolute Gasteiger partial charge is 0.0836 e. The average molecular weight is 786 g/mol. The van der Waals surface area contributed by atoms with Crippen molar-refractivity contribution in [1.29, 1.82) is 0 Å². The predicted molar refractivity (Wildman–Crippen MR) is 230 cm³/mol. The van der Waals surface area contributed by atoms with Crippen LogP contribution >= 0.6 is 112 Å². The second-order valence-electron chi connectivity index (χ2n) is 13.5. The average Bonchev–Trinajstić information content (AvgIpc) is 3.02. The van der Waals surface area contributed by atoms with E-state index in [4.69, 9.17) is 74.5 Å². The third kappa shape index (κ3) is 11.9. The lowest BCUT2D eigenvalue weighted by Crippen LogP contribution is -2.54. The van der Waals surface area contributed by atoms with Gasteiger partial charge < -0.3 is 14.7 Å². The molecule has 0 radical (unpaired) electrons. The topological polar surface area (TPSA) is 9.72 Å². The van der Waals surface area contributed by atoms with Crippen LogP contribution in [0.1, 0.15) is 128 Å². The Balaban J connectivity index is 1.97. The quantitative estimate of drug-likeness (QED) is 0.0495. The molecule has 0 amide bonds. The highest BCUT2D eigenvalue weighted by atomic mass is 32.1. The molecule has 0 bridgehead atoms. The standard InChI is InChI=1S/C33H59N3S9/c37-22-10-19-34(31(43)13-4-1-5-14-31)28(40)25-27(30(42)36(21-12-24-39)33(45)17-8-3-9-18-33)26-29(41)35(20-11-23-38)32(44)15-6-2-7-16-32/h27,37-39,43-45H,1-26H2. The zero-order valence-electron chi connectivity index (χ0n) is 27.2. The van der Waals surface area contributed by atoms with Crippen LogP contribution in [0.25, 0.3) is 0 Å². The Morgan fingerprint density at radius 2 is 0.778 bits per heavy atom. The summed E-state index contributed by atoms with van der Waals surface area (Å²) in [4.78, 5) is 9.59. The fourth-order valence-corrected chi connectivity index (χ4v) is 11.2. The number of hydrogen-bond donors (Lipinski definition) is 6. The lowest BCUT2D eigenvalue weighted by molar-refractivity contribution is 0.200. The van der Waals surface area contributed by atoms with Crippen molar-refractivity contribution >= 4 is 127 Å². The second-order valence-corrected chi connectivity index (χ2v) is 18.7. The molecule has 3 fully saturated rings. The van der Waals surface area contributed by atoms with Crippen LogP contribution in [0.5, 0.6) is 0 Å². The first kappa shape index (κ1) is 41.2. The van der Waals surface area contributed by atoms with Gasteiger partial charge in [0.25, 0.3) is 0 Å². The molecular formula is C33H59N3S9. The SMILES string of the molecule is S=C(CC(CC(=S)N(CCCS)C1(S)CCCCC1)C(=S)N(CCCS)C1(S)CCCCC1)N(CCCS)C1(S)CCCCC1. The van der Waals surface area contributed by atoms with Crippen LogP contribution in [0.4, 0.5) is 0 Å². The van der Waals surface area contributed by atoms with Crippen molar-refractivity contribution in [3.05, 3.63) is 0 Å². The van der Waals surface area contributed by atoms with Crippen LogP contribution in [0.3, 0.4) is 0 Å². The minimum absolute atomic E-state index is 0.00363. The van der Waals surface area contributed by atoms with Crippen LogP contribution in [0, 0.1) is 5.92 Å². The first-order valence-corrected chi connectivity index (χ1v) is 21.9. The molecule has 3 saturated carbocycles. The molecule has 0 aromatic heterocycles. The maximum Gasteiger partial charge on any atom is 0.0836 e. The number of rotatable bonds is 17. The number of nitrogens with zero attached hydrogens (tertiary/aromatic N) is 3.